The quantitative estimate of drug-likeness (QED) is 0.749. The molecule has 94 valence electrons. The van der Waals surface area contributed by atoms with Crippen molar-refractivity contribution in [2.24, 2.45) is 0 Å². The number of halogens is 4. The molecule has 0 radical (unpaired) electrons. The van der Waals surface area contributed by atoms with E-state index in [1.165, 1.54) is 24.3 Å². The lowest BCUT2D eigenvalue weighted by Gasteiger charge is -2.05. The van der Waals surface area contributed by atoms with Gasteiger partial charge in [-0.2, -0.15) is 0 Å². The molecule has 2 aromatic rings. The Morgan fingerprint density at radius 2 is 1.50 bits per heavy atom. The Labute approximate surface area is 113 Å². The number of hydrogen-bond donors (Lipinski definition) is 0. The van der Waals surface area contributed by atoms with Gasteiger partial charge in [-0.15, -0.1) is 0 Å². The molecular formula is C12H8Cl2F2N2. The van der Waals surface area contributed by atoms with E-state index in [9.17, 15) is 8.78 Å². The lowest BCUT2D eigenvalue weighted by molar-refractivity contribution is 0.151. The molecule has 2 nitrogen and oxygen atoms in total. The van der Waals surface area contributed by atoms with Gasteiger partial charge in [0.1, 0.15) is 10.3 Å². The summed E-state index contributed by atoms with van der Waals surface area (Å²) in [6.07, 6.45) is -2.50. The largest absolute Gasteiger partial charge is 0.263 e. The van der Waals surface area contributed by atoms with Crippen molar-refractivity contribution < 1.29 is 8.78 Å². The molecule has 0 fully saturated rings. The molecule has 0 saturated heterocycles. The second-order valence-corrected chi connectivity index (χ2v) is 4.39. The first-order valence-electron chi connectivity index (χ1n) is 5.07. The van der Waals surface area contributed by atoms with Crippen LogP contribution in [0.5, 0.6) is 0 Å². The summed E-state index contributed by atoms with van der Waals surface area (Å²) in [5.41, 5.74) is 1.12. The normalized spacial score (nSPS) is 11.0. The minimum absolute atomic E-state index is 0.0527. The maximum atomic E-state index is 12.4. The van der Waals surface area contributed by atoms with Gasteiger partial charge in [0, 0.05) is 16.7 Å². The molecule has 18 heavy (non-hydrogen) atoms. The van der Waals surface area contributed by atoms with Crippen LogP contribution >= 0.6 is 23.2 Å². The van der Waals surface area contributed by atoms with Crippen molar-refractivity contribution in [1.29, 1.82) is 0 Å². The highest BCUT2D eigenvalue weighted by molar-refractivity contribution is 6.34. The second kappa shape index (κ2) is 5.16. The number of rotatable bonds is 2. The number of alkyl halides is 2. The first-order chi connectivity index (χ1) is 8.49. The molecule has 1 aromatic heterocycles. The van der Waals surface area contributed by atoms with Crippen molar-refractivity contribution in [2.75, 3.05) is 0 Å². The topological polar surface area (TPSA) is 25.8 Å². The van der Waals surface area contributed by atoms with Gasteiger partial charge in [0.05, 0.1) is 0 Å². The van der Waals surface area contributed by atoms with Gasteiger partial charge in [0.15, 0.2) is 5.82 Å². The van der Waals surface area contributed by atoms with E-state index in [1.54, 1.807) is 6.92 Å². The molecule has 0 spiro atoms. The fourth-order valence-corrected chi connectivity index (χ4v) is 1.76. The van der Waals surface area contributed by atoms with Gasteiger partial charge in [-0.3, -0.25) is 0 Å². The van der Waals surface area contributed by atoms with E-state index in [4.69, 9.17) is 23.2 Å². The van der Waals surface area contributed by atoms with Crippen LogP contribution in [-0.4, -0.2) is 9.97 Å². The van der Waals surface area contributed by atoms with Gasteiger partial charge in [-0.25, -0.2) is 18.7 Å². The van der Waals surface area contributed by atoms with Crippen LogP contribution in [0.1, 0.15) is 17.6 Å². The number of benzene rings is 1. The summed E-state index contributed by atoms with van der Waals surface area (Å²) in [5.74, 6) is 0.316. The van der Waals surface area contributed by atoms with Crippen molar-refractivity contribution >= 4 is 23.2 Å². The maximum absolute atomic E-state index is 12.4. The maximum Gasteiger partial charge on any atom is 0.263 e. The molecule has 0 bridgehead atoms. The molecule has 2 rings (SSSR count). The zero-order chi connectivity index (χ0) is 13.3. The van der Waals surface area contributed by atoms with E-state index >= 15 is 0 Å². The summed E-state index contributed by atoms with van der Waals surface area (Å²) < 4.78 is 24.8. The zero-order valence-electron chi connectivity index (χ0n) is 9.29. The van der Waals surface area contributed by atoms with E-state index in [0.29, 0.717) is 17.0 Å². The van der Waals surface area contributed by atoms with E-state index in [-0.39, 0.29) is 15.9 Å². The van der Waals surface area contributed by atoms with Crippen LogP contribution in [0, 0.1) is 6.92 Å². The third-order valence-corrected chi connectivity index (χ3v) is 3.18. The monoisotopic (exact) mass is 288 g/mol. The lowest BCUT2D eigenvalue weighted by Crippen LogP contribution is -1.94. The Balaban J connectivity index is 2.43. The molecule has 6 heteroatoms. The van der Waals surface area contributed by atoms with Crippen LogP contribution in [0.2, 0.25) is 10.3 Å². The fourth-order valence-electron chi connectivity index (χ4n) is 1.37. The van der Waals surface area contributed by atoms with Crippen LogP contribution in [0.15, 0.2) is 24.3 Å². The van der Waals surface area contributed by atoms with E-state index in [1.807, 2.05) is 0 Å². The van der Waals surface area contributed by atoms with Crippen molar-refractivity contribution in [3.63, 3.8) is 0 Å². The Morgan fingerprint density at radius 1 is 1.00 bits per heavy atom. The predicted octanol–water partition coefficient (Wildman–Crippen LogP) is 4.70. The standard InChI is InChI=1S/C12H8Cl2F2N2/c1-6-9(13)17-12(18-10(6)14)8-4-2-7(3-5-8)11(15)16/h2-5,11H,1H3. The third-order valence-electron chi connectivity index (χ3n) is 2.45. The molecule has 0 aliphatic rings. The number of hydrogen-bond acceptors (Lipinski definition) is 2. The lowest BCUT2D eigenvalue weighted by atomic mass is 10.1. The van der Waals surface area contributed by atoms with Crippen LogP contribution in [0.3, 0.4) is 0 Å². The molecule has 0 amide bonds. The molecule has 0 atom stereocenters. The van der Waals surface area contributed by atoms with Gasteiger partial charge < -0.3 is 0 Å². The Hall–Kier alpha value is -1.26. The van der Waals surface area contributed by atoms with Gasteiger partial charge in [0.25, 0.3) is 6.43 Å². The average Bonchev–Trinajstić information content (AvgIpc) is 2.35. The summed E-state index contributed by atoms with van der Waals surface area (Å²) in [6.45, 7) is 1.70. The van der Waals surface area contributed by atoms with Crippen molar-refractivity contribution in [3.05, 3.63) is 45.7 Å². The zero-order valence-corrected chi connectivity index (χ0v) is 10.8. The number of aromatic nitrogens is 2. The smallest absolute Gasteiger partial charge is 0.216 e. The molecule has 0 aliphatic carbocycles. The molecule has 1 aromatic carbocycles. The Bertz CT molecular complexity index is 548. The minimum Gasteiger partial charge on any atom is -0.216 e. The van der Waals surface area contributed by atoms with Crippen LogP contribution in [0.4, 0.5) is 8.78 Å². The highest BCUT2D eigenvalue weighted by Gasteiger charge is 2.11. The number of nitrogens with zero attached hydrogens (tertiary/aromatic N) is 2. The Kier molecular flexibility index (Phi) is 3.78. The van der Waals surface area contributed by atoms with Gasteiger partial charge in [0.2, 0.25) is 0 Å². The predicted molar refractivity (Wildman–Crippen MR) is 67.2 cm³/mol. The van der Waals surface area contributed by atoms with E-state index in [0.717, 1.165) is 0 Å². The average molecular weight is 289 g/mol. The molecule has 0 N–H and O–H groups in total. The highest BCUT2D eigenvalue weighted by atomic mass is 35.5. The van der Waals surface area contributed by atoms with Gasteiger partial charge >= 0.3 is 0 Å². The summed E-state index contributed by atoms with van der Waals surface area (Å²) in [4.78, 5) is 8.12. The first-order valence-corrected chi connectivity index (χ1v) is 5.82. The first kappa shape index (κ1) is 13.2. The SMILES string of the molecule is Cc1c(Cl)nc(-c2ccc(C(F)F)cc2)nc1Cl. The van der Waals surface area contributed by atoms with Crippen LogP contribution < -0.4 is 0 Å². The van der Waals surface area contributed by atoms with Crippen molar-refractivity contribution in [2.45, 2.75) is 13.3 Å². The van der Waals surface area contributed by atoms with Crippen molar-refractivity contribution in [3.8, 4) is 11.4 Å². The molecule has 0 unspecified atom stereocenters. The van der Waals surface area contributed by atoms with Gasteiger partial charge in [-0.05, 0) is 6.92 Å². The van der Waals surface area contributed by atoms with Gasteiger partial charge in [-0.1, -0.05) is 47.5 Å². The molecule has 0 saturated carbocycles. The molecule has 0 aliphatic heterocycles. The van der Waals surface area contributed by atoms with E-state index < -0.39 is 6.43 Å². The molecule has 1 heterocycles. The van der Waals surface area contributed by atoms with E-state index in [2.05, 4.69) is 9.97 Å². The van der Waals surface area contributed by atoms with Crippen LogP contribution in [-0.2, 0) is 0 Å². The summed E-state index contributed by atoms with van der Waals surface area (Å²) >= 11 is 11.8. The summed E-state index contributed by atoms with van der Waals surface area (Å²) in [7, 11) is 0. The highest BCUT2D eigenvalue weighted by Crippen LogP contribution is 2.26. The fraction of sp³-hybridized carbons (Fsp3) is 0.167. The summed E-state index contributed by atoms with van der Waals surface area (Å²) in [5, 5.41) is 0.505. The van der Waals surface area contributed by atoms with Crippen LogP contribution in [0.25, 0.3) is 11.4 Å². The minimum atomic E-state index is -2.50. The second-order valence-electron chi connectivity index (χ2n) is 3.68. The van der Waals surface area contributed by atoms with Crippen molar-refractivity contribution in [1.82, 2.24) is 9.97 Å². The summed E-state index contributed by atoms with van der Waals surface area (Å²) in [6, 6.07) is 5.67. The molecular weight excluding hydrogens is 281 g/mol. The third kappa shape index (κ3) is 2.60. The Morgan fingerprint density at radius 3 is 1.94 bits per heavy atom.